The third-order valence-electron chi connectivity index (χ3n) is 0. The Morgan fingerprint density at radius 2 is 0.333 bits per heavy atom. The van der Waals surface area contributed by atoms with Crippen LogP contribution in [0.2, 0.25) is 0 Å². The molecule has 9 heteroatoms. The summed E-state index contributed by atoms with van der Waals surface area (Å²) in [5.41, 5.74) is 0. The Balaban J connectivity index is -0.00000000396. The van der Waals surface area contributed by atoms with Gasteiger partial charge in [-0.1, -0.05) is 0 Å². The summed E-state index contributed by atoms with van der Waals surface area (Å²) in [6.45, 7) is 0. The molecule has 0 aromatic carbocycles. The third kappa shape index (κ3) is 982. The first-order chi connectivity index (χ1) is 6.00. The van der Waals surface area contributed by atoms with Crippen molar-refractivity contribution in [1.29, 1.82) is 0 Å². The number of aliphatic hydroxyl groups excluding tert-OH is 6. The molecule has 0 atom stereocenters. The van der Waals surface area contributed by atoms with Gasteiger partial charge in [0.15, 0.2) is 0 Å². The summed E-state index contributed by atoms with van der Waals surface area (Å²) in [5, 5.41) is 42.0. The van der Waals surface area contributed by atoms with E-state index in [9.17, 15) is 0 Å². The molecule has 106 valence electrons. The van der Waals surface area contributed by atoms with Crippen LogP contribution in [-0.2, 0) is 17.1 Å². The molecule has 0 unspecified atom stereocenters. The monoisotopic (exact) mass is 502 g/mol. The van der Waals surface area contributed by atoms with Gasteiger partial charge in [-0.25, -0.2) is 0 Å². The molecule has 0 heterocycles. The SMILES string of the molecule is CO.CO.CO.CO.CO.CO.[Fe+2].[I-].[I-]. The smallest absolute Gasteiger partial charge is 1.00 e. The maximum absolute atomic E-state index is 7.00. The number of hydrogen-bond acceptors (Lipinski definition) is 6. The fraction of sp³-hybridized carbons (Fsp3) is 1.00. The fourth-order valence-electron chi connectivity index (χ4n) is 0. The van der Waals surface area contributed by atoms with Crippen molar-refractivity contribution in [3.05, 3.63) is 0 Å². The van der Waals surface area contributed by atoms with Gasteiger partial charge in [0.2, 0.25) is 0 Å². The van der Waals surface area contributed by atoms with Crippen molar-refractivity contribution >= 4 is 0 Å². The number of halogens is 2. The van der Waals surface area contributed by atoms with Gasteiger partial charge in [-0.3, -0.25) is 0 Å². The molecule has 0 saturated heterocycles. The first-order valence-electron chi connectivity index (χ1n) is 2.68. The molecule has 0 aliphatic rings. The predicted molar refractivity (Wildman–Crippen MR) is 48.9 cm³/mol. The van der Waals surface area contributed by atoms with Crippen molar-refractivity contribution in [2.24, 2.45) is 0 Å². The quantitative estimate of drug-likeness (QED) is 0.145. The van der Waals surface area contributed by atoms with Crippen LogP contribution in [0, 0.1) is 0 Å². The summed E-state index contributed by atoms with van der Waals surface area (Å²) in [5.74, 6) is 0. The predicted octanol–water partition coefficient (Wildman–Crippen LogP) is -8.34. The van der Waals surface area contributed by atoms with E-state index >= 15 is 0 Å². The maximum Gasteiger partial charge on any atom is 2.00 e. The van der Waals surface area contributed by atoms with E-state index in [0.29, 0.717) is 0 Å². The van der Waals surface area contributed by atoms with Gasteiger partial charge in [-0.15, -0.1) is 0 Å². The molecule has 0 bridgehead atoms. The zero-order chi connectivity index (χ0) is 12.0. The van der Waals surface area contributed by atoms with Crippen molar-refractivity contribution in [2.45, 2.75) is 0 Å². The van der Waals surface area contributed by atoms with Gasteiger partial charge in [0, 0.05) is 42.7 Å². The molecule has 0 aromatic heterocycles. The van der Waals surface area contributed by atoms with Gasteiger partial charge in [0.25, 0.3) is 0 Å². The standard InChI is InChI=1S/6CH4O.Fe.2HI/c6*1-2;;;/h6*2H,1H3;;2*1H/q;;;;;;+2;;/p-2. The second kappa shape index (κ2) is 1130. The molecule has 0 spiro atoms. The largest absolute Gasteiger partial charge is 2.00 e. The van der Waals surface area contributed by atoms with Crippen LogP contribution in [0.25, 0.3) is 0 Å². The summed E-state index contributed by atoms with van der Waals surface area (Å²) in [4.78, 5) is 0. The zero-order valence-corrected chi connectivity index (χ0v) is 15.2. The molecule has 6 N–H and O–H groups in total. The second-order valence-corrected chi connectivity index (χ2v) is 0. The molecular formula is C6H24FeI2O6. The second-order valence-electron chi connectivity index (χ2n) is 0. The zero-order valence-electron chi connectivity index (χ0n) is 9.79. The summed E-state index contributed by atoms with van der Waals surface area (Å²) in [6, 6.07) is 0. The van der Waals surface area contributed by atoms with Crippen LogP contribution in [0.4, 0.5) is 0 Å². The van der Waals surface area contributed by atoms with Crippen LogP contribution in [0.3, 0.4) is 0 Å². The van der Waals surface area contributed by atoms with E-state index in [0.717, 1.165) is 42.7 Å². The van der Waals surface area contributed by atoms with Gasteiger partial charge in [-0.05, 0) is 0 Å². The number of aliphatic hydroxyl groups is 6. The van der Waals surface area contributed by atoms with Crippen molar-refractivity contribution < 1.29 is 95.7 Å². The van der Waals surface area contributed by atoms with Gasteiger partial charge in [0.1, 0.15) is 0 Å². The molecule has 0 rings (SSSR count). The van der Waals surface area contributed by atoms with Crippen molar-refractivity contribution in [1.82, 2.24) is 0 Å². The Kier molecular flexibility index (Phi) is 5220. The number of rotatable bonds is 0. The molecule has 0 aliphatic heterocycles. The minimum Gasteiger partial charge on any atom is -1.00 e. The average molecular weight is 502 g/mol. The molecule has 15 heavy (non-hydrogen) atoms. The Morgan fingerprint density at radius 3 is 0.333 bits per heavy atom. The minimum atomic E-state index is 0. The Labute approximate surface area is 137 Å². The molecule has 0 radical (unpaired) electrons. The summed E-state index contributed by atoms with van der Waals surface area (Å²) in [6.07, 6.45) is 0. The molecule has 0 aliphatic carbocycles. The fourth-order valence-corrected chi connectivity index (χ4v) is 0. The van der Waals surface area contributed by atoms with Gasteiger partial charge >= 0.3 is 17.1 Å². The Morgan fingerprint density at radius 1 is 0.333 bits per heavy atom. The van der Waals surface area contributed by atoms with Crippen LogP contribution in [-0.4, -0.2) is 73.3 Å². The van der Waals surface area contributed by atoms with E-state index in [1.54, 1.807) is 0 Å². The van der Waals surface area contributed by atoms with Crippen LogP contribution < -0.4 is 48.0 Å². The van der Waals surface area contributed by atoms with Crippen molar-refractivity contribution in [2.75, 3.05) is 42.7 Å². The molecule has 6 nitrogen and oxygen atoms in total. The van der Waals surface area contributed by atoms with Crippen molar-refractivity contribution in [3.8, 4) is 0 Å². The van der Waals surface area contributed by atoms with E-state index < -0.39 is 0 Å². The van der Waals surface area contributed by atoms with Gasteiger partial charge < -0.3 is 78.6 Å². The van der Waals surface area contributed by atoms with Crippen LogP contribution in [0.1, 0.15) is 0 Å². The Bertz CT molecular complexity index is 25.6. The average Bonchev–Trinajstić information content (AvgIpc) is 2.33. The summed E-state index contributed by atoms with van der Waals surface area (Å²) < 4.78 is 0. The van der Waals surface area contributed by atoms with Crippen LogP contribution in [0.5, 0.6) is 0 Å². The van der Waals surface area contributed by atoms with E-state index in [-0.39, 0.29) is 65.0 Å². The van der Waals surface area contributed by atoms with E-state index in [1.807, 2.05) is 0 Å². The molecule has 0 amide bonds. The number of hydrogen-bond donors (Lipinski definition) is 6. The topological polar surface area (TPSA) is 121 Å². The first kappa shape index (κ1) is 69.2. The van der Waals surface area contributed by atoms with E-state index in [4.69, 9.17) is 30.6 Å². The van der Waals surface area contributed by atoms with Crippen LogP contribution >= 0.6 is 0 Å². The van der Waals surface area contributed by atoms with E-state index in [2.05, 4.69) is 0 Å². The van der Waals surface area contributed by atoms with Crippen LogP contribution in [0.15, 0.2) is 0 Å². The van der Waals surface area contributed by atoms with Gasteiger partial charge in [0.05, 0.1) is 0 Å². The first-order valence-corrected chi connectivity index (χ1v) is 2.68. The molecule has 0 aromatic rings. The molecular weight excluding hydrogens is 478 g/mol. The third-order valence-corrected chi connectivity index (χ3v) is 0. The molecule has 0 fully saturated rings. The summed E-state index contributed by atoms with van der Waals surface area (Å²) in [7, 11) is 6.00. The van der Waals surface area contributed by atoms with Crippen molar-refractivity contribution in [3.63, 3.8) is 0 Å². The molecule has 0 saturated carbocycles. The Hall–Kier alpha value is 1.74. The maximum atomic E-state index is 7.00. The normalized spacial score (nSPS) is 2.40. The summed E-state index contributed by atoms with van der Waals surface area (Å²) >= 11 is 0. The van der Waals surface area contributed by atoms with E-state index in [1.165, 1.54) is 0 Å². The van der Waals surface area contributed by atoms with Gasteiger partial charge in [-0.2, -0.15) is 0 Å². The minimum absolute atomic E-state index is 0.